The third-order valence-corrected chi connectivity index (χ3v) is 3.12. The normalized spacial score (nSPS) is 12.8. The molecule has 0 saturated carbocycles. The number of alkyl halides is 1. The Kier molecular flexibility index (Phi) is 4.04. The minimum atomic E-state index is -0.297. The first-order chi connectivity index (χ1) is 8.99. The monoisotopic (exact) mass is 280 g/mol. The topological polar surface area (TPSA) is 73.8 Å². The van der Waals surface area contributed by atoms with Crippen molar-refractivity contribution >= 4 is 28.7 Å². The van der Waals surface area contributed by atoms with E-state index in [-0.39, 0.29) is 11.3 Å². The van der Waals surface area contributed by atoms with Crippen LogP contribution in [0.25, 0.3) is 11.2 Å². The van der Waals surface area contributed by atoms with Crippen LogP contribution in [0, 0.1) is 6.92 Å². The maximum absolute atomic E-state index is 10.8. The van der Waals surface area contributed by atoms with Gasteiger partial charge in [-0.1, -0.05) is 0 Å². The first-order valence-electron chi connectivity index (χ1n) is 6.25. The van der Waals surface area contributed by atoms with Crippen LogP contribution in [0.1, 0.15) is 36.7 Å². The largest absolute Gasteiger partial charge is 0.370 e. The summed E-state index contributed by atoms with van der Waals surface area (Å²) in [5.41, 5.74) is 7.73. The standard InChI is InChI=1S/C13H17ClN4O/c1-8-5-6-10-13(16-8)18(7-3-4-11(15)19)12(17-10)9(2)14/h5-6,9H,3-4,7H2,1-2H3,(H2,15,19). The number of rotatable bonds is 5. The van der Waals surface area contributed by atoms with Crippen LogP contribution in [-0.2, 0) is 11.3 Å². The fraction of sp³-hybridized carbons (Fsp3) is 0.462. The predicted molar refractivity (Wildman–Crippen MR) is 75.0 cm³/mol. The Morgan fingerprint density at radius 1 is 1.47 bits per heavy atom. The molecule has 0 aliphatic rings. The lowest BCUT2D eigenvalue weighted by atomic mass is 10.3. The Hall–Kier alpha value is -1.62. The first-order valence-corrected chi connectivity index (χ1v) is 6.69. The van der Waals surface area contributed by atoms with Crippen molar-refractivity contribution in [1.82, 2.24) is 14.5 Å². The highest BCUT2D eigenvalue weighted by Crippen LogP contribution is 2.24. The van der Waals surface area contributed by atoms with Crippen LogP contribution >= 0.6 is 11.6 Å². The number of pyridine rings is 1. The number of primary amides is 1. The summed E-state index contributed by atoms with van der Waals surface area (Å²) in [7, 11) is 0. The quantitative estimate of drug-likeness (QED) is 0.854. The van der Waals surface area contributed by atoms with E-state index in [2.05, 4.69) is 9.97 Å². The number of amides is 1. The second-order valence-corrected chi connectivity index (χ2v) is 5.26. The van der Waals surface area contributed by atoms with Gasteiger partial charge in [0, 0.05) is 18.7 Å². The van der Waals surface area contributed by atoms with Crippen LogP contribution in [0.5, 0.6) is 0 Å². The molecule has 0 saturated heterocycles. The first kappa shape index (κ1) is 13.8. The Morgan fingerprint density at radius 3 is 2.84 bits per heavy atom. The molecule has 2 aromatic rings. The lowest BCUT2D eigenvalue weighted by molar-refractivity contribution is -0.118. The summed E-state index contributed by atoms with van der Waals surface area (Å²) in [6.07, 6.45) is 1.01. The molecule has 6 heteroatoms. The van der Waals surface area contributed by atoms with Crippen LogP contribution in [0.15, 0.2) is 12.1 Å². The average Bonchev–Trinajstić information content (AvgIpc) is 2.67. The third kappa shape index (κ3) is 3.04. The molecule has 102 valence electrons. The summed E-state index contributed by atoms with van der Waals surface area (Å²) in [5, 5.41) is -0.205. The van der Waals surface area contributed by atoms with Gasteiger partial charge in [0.1, 0.15) is 11.3 Å². The van der Waals surface area contributed by atoms with Crippen molar-refractivity contribution in [3.8, 4) is 0 Å². The van der Waals surface area contributed by atoms with E-state index in [9.17, 15) is 4.79 Å². The van der Waals surface area contributed by atoms with E-state index in [4.69, 9.17) is 17.3 Å². The summed E-state index contributed by atoms with van der Waals surface area (Å²) in [4.78, 5) is 19.8. The van der Waals surface area contributed by atoms with E-state index < -0.39 is 0 Å². The third-order valence-electron chi connectivity index (χ3n) is 2.92. The highest BCUT2D eigenvalue weighted by molar-refractivity contribution is 6.20. The number of aromatic nitrogens is 3. The minimum absolute atomic E-state index is 0.205. The molecule has 1 atom stereocenters. The molecule has 0 bridgehead atoms. The lowest BCUT2D eigenvalue weighted by Crippen LogP contribution is -2.12. The molecular weight excluding hydrogens is 264 g/mol. The van der Waals surface area contributed by atoms with Gasteiger partial charge < -0.3 is 10.3 Å². The van der Waals surface area contributed by atoms with E-state index in [0.29, 0.717) is 19.4 Å². The van der Waals surface area contributed by atoms with E-state index in [1.807, 2.05) is 30.5 Å². The van der Waals surface area contributed by atoms with Gasteiger partial charge in [-0.3, -0.25) is 4.79 Å². The van der Waals surface area contributed by atoms with Crippen molar-refractivity contribution < 1.29 is 4.79 Å². The maximum Gasteiger partial charge on any atom is 0.217 e. The zero-order chi connectivity index (χ0) is 14.0. The van der Waals surface area contributed by atoms with Gasteiger partial charge in [0.05, 0.1) is 5.38 Å². The average molecular weight is 281 g/mol. The molecular formula is C13H17ClN4O. The Bertz CT molecular complexity index is 606. The van der Waals surface area contributed by atoms with Gasteiger partial charge in [0.2, 0.25) is 5.91 Å². The molecule has 0 radical (unpaired) electrons. The molecule has 1 amide bonds. The number of nitrogens with two attached hydrogens (primary N) is 1. The van der Waals surface area contributed by atoms with Gasteiger partial charge in [-0.25, -0.2) is 9.97 Å². The van der Waals surface area contributed by atoms with Crippen LogP contribution in [0.3, 0.4) is 0 Å². The van der Waals surface area contributed by atoms with Crippen molar-refractivity contribution in [1.29, 1.82) is 0 Å². The molecule has 5 nitrogen and oxygen atoms in total. The minimum Gasteiger partial charge on any atom is -0.370 e. The zero-order valence-corrected chi connectivity index (χ0v) is 11.8. The number of halogens is 1. The summed E-state index contributed by atoms with van der Waals surface area (Å²) in [6.45, 7) is 4.45. The van der Waals surface area contributed by atoms with E-state index in [1.54, 1.807) is 0 Å². The Balaban J connectivity index is 2.39. The number of fused-ring (bicyclic) bond motifs is 1. The summed E-state index contributed by atoms with van der Waals surface area (Å²) < 4.78 is 1.98. The number of hydrogen-bond acceptors (Lipinski definition) is 3. The van der Waals surface area contributed by atoms with Crippen LogP contribution in [0.4, 0.5) is 0 Å². The molecule has 2 rings (SSSR count). The van der Waals surface area contributed by atoms with Crippen molar-refractivity contribution in [3.05, 3.63) is 23.7 Å². The SMILES string of the molecule is Cc1ccc2nc(C(C)Cl)n(CCCC(N)=O)c2n1. The van der Waals surface area contributed by atoms with Gasteiger partial charge in [0.15, 0.2) is 5.65 Å². The molecule has 0 spiro atoms. The molecule has 0 aromatic carbocycles. The number of hydrogen-bond donors (Lipinski definition) is 1. The van der Waals surface area contributed by atoms with Crippen LogP contribution in [-0.4, -0.2) is 20.4 Å². The van der Waals surface area contributed by atoms with Gasteiger partial charge in [-0.15, -0.1) is 11.6 Å². The summed E-state index contributed by atoms with van der Waals surface area (Å²) in [5.74, 6) is 0.480. The van der Waals surface area contributed by atoms with Crippen molar-refractivity contribution in [2.45, 2.75) is 38.6 Å². The number of carbonyl (C=O) groups is 1. The fourth-order valence-corrected chi connectivity index (χ4v) is 2.22. The Labute approximate surface area is 116 Å². The molecule has 0 fully saturated rings. The maximum atomic E-state index is 10.8. The highest BCUT2D eigenvalue weighted by atomic mass is 35.5. The summed E-state index contributed by atoms with van der Waals surface area (Å²) in [6, 6.07) is 3.86. The number of carbonyl (C=O) groups excluding carboxylic acids is 1. The number of aryl methyl sites for hydroxylation is 2. The fourth-order valence-electron chi connectivity index (χ4n) is 2.05. The van der Waals surface area contributed by atoms with Crippen LogP contribution in [0.2, 0.25) is 0 Å². The molecule has 1 unspecified atom stereocenters. The van der Waals surface area contributed by atoms with Crippen molar-refractivity contribution in [3.63, 3.8) is 0 Å². The molecule has 2 aromatic heterocycles. The van der Waals surface area contributed by atoms with E-state index in [0.717, 1.165) is 22.7 Å². The van der Waals surface area contributed by atoms with Crippen molar-refractivity contribution in [2.24, 2.45) is 5.73 Å². The number of nitrogens with zero attached hydrogens (tertiary/aromatic N) is 3. The number of imidazole rings is 1. The molecule has 0 aliphatic heterocycles. The summed E-state index contributed by atoms with van der Waals surface area (Å²) >= 11 is 6.16. The van der Waals surface area contributed by atoms with Gasteiger partial charge in [0.25, 0.3) is 0 Å². The molecule has 2 N–H and O–H groups in total. The van der Waals surface area contributed by atoms with Gasteiger partial charge in [-0.05, 0) is 32.4 Å². The second kappa shape index (κ2) is 5.57. The molecule has 2 heterocycles. The van der Waals surface area contributed by atoms with Gasteiger partial charge >= 0.3 is 0 Å². The lowest BCUT2D eigenvalue weighted by Gasteiger charge is -2.09. The molecule has 0 aliphatic carbocycles. The van der Waals surface area contributed by atoms with E-state index in [1.165, 1.54) is 0 Å². The van der Waals surface area contributed by atoms with Gasteiger partial charge in [-0.2, -0.15) is 0 Å². The van der Waals surface area contributed by atoms with Crippen molar-refractivity contribution in [2.75, 3.05) is 0 Å². The predicted octanol–water partition coefficient (Wildman–Crippen LogP) is 2.31. The zero-order valence-electron chi connectivity index (χ0n) is 11.1. The molecule has 19 heavy (non-hydrogen) atoms. The highest BCUT2D eigenvalue weighted by Gasteiger charge is 2.15. The smallest absolute Gasteiger partial charge is 0.217 e. The van der Waals surface area contributed by atoms with Crippen LogP contribution < -0.4 is 5.73 Å². The second-order valence-electron chi connectivity index (χ2n) is 4.60. The Morgan fingerprint density at radius 2 is 2.21 bits per heavy atom. The van der Waals surface area contributed by atoms with E-state index >= 15 is 0 Å².